The smallest absolute Gasteiger partial charge is 0.144 e. The molecule has 1 aliphatic heterocycles. The number of rotatable bonds is 5. The van der Waals surface area contributed by atoms with Crippen LogP contribution in [0.4, 0.5) is 11.5 Å². The van der Waals surface area contributed by atoms with Crippen molar-refractivity contribution in [1.82, 2.24) is 4.98 Å². The highest BCUT2D eigenvalue weighted by Gasteiger charge is 2.18. The number of aliphatic hydroxyl groups excluding tert-OH is 1. The summed E-state index contributed by atoms with van der Waals surface area (Å²) in [4.78, 5) is 6.58. The third-order valence-electron chi connectivity index (χ3n) is 4.56. The predicted molar refractivity (Wildman–Crippen MR) is 94.7 cm³/mol. The van der Waals surface area contributed by atoms with Gasteiger partial charge in [-0.2, -0.15) is 5.26 Å². The van der Waals surface area contributed by atoms with E-state index >= 15 is 0 Å². The number of aliphatic hydroxyl groups is 1. The molecule has 1 aliphatic rings. The molecule has 5 nitrogen and oxygen atoms in total. The summed E-state index contributed by atoms with van der Waals surface area (Å²) in [6.07, 6.45) is 3.79. The maximum absolute atomic E-state index is 9.22. The highest BCUT2D eigenvalue weighted by atomic mass is 16.3. The van der Waals surface area contributed by atoms with Crippen LogP contribution in [0.15, 0.2) is 42.6 Å². The third kappa shape index (κ3) is 3.84. The van der Waals surface area contributed by atoms with Gasteiger partial charge in [-0.1, -0.05) is 12.1 Å². The summed E-state index contributed by atoms with van der Waals surface area (Å²) in [5.41, 5.74) is 2.94. The largest absolute Gasteiger partial charge is 0.396 e. The van der Waals surface area contributed by atoms with E-state index in [1.165, 1.54) is 5.69 Å². The lowest BCUT2D eigenvalue weighted by Gasteiger charge is -2.33. The van der Waals surface area contributed by atoms with E-state index in [2.05, 4.69) is 45.5 Å². The van der Waals surface area contributed by atoms with Gasteiger partial charge in [-0.05, 0) is 48.6 Å². The van der Waals surface area contributed by atoms with Crippen molar-refractivity contribution in [3.05, 3.63) is 53.7 Å². The van der Waals surface area contributed by atoms with Crippen LogP contribution in [-0.2, 0) is 6.54 Å². The van der Waals surface area contributed by atoms with Crippen LogP contribution in [0.5, 0.6) is 0 Å². The number of aromatic nitrogens is 1. The van der Waals surface area contributed by atoms with E-state index < -0.39 is 0 Å². The van der Waals surface area contributed by atoms with Crippen molar-refractivity contribution in [2.24, 2.45) is 5.92 Å². The van der Waals surface area contributed by atoms with E-state index in [0.717, 1.165) is 31.5 Å². The maximum Gasteiger partial charge on any atom is 0.144 e. The summed E-state index contributed by atoms with van der Waals surface area (Å²) in [6, 6.07) is 14.2. The summed E-state index contributed by atoms with van der Waals surface area (Å²) in [6.45, 7) is 2.94. The summed E-state index contributed by atoms with van der Waals surface area (Å²) in [7, 11) is 0. The predicted octanol–water partition coefficient (Wildman–Crippen LogP) is 2.77. The van der Waals surface area contributed by atoms with Crippen LogP contribution in [0.25, 0.3) is 0 Å². The lowest BCUT2D eigenvalue weighted by Crippen LogP contribution is -2.34. The fourth-order valence-electron chi connectivity index (χ4n) is 3.02. The highest BCUT2D eigenvalue weighted by molar-refractivity contribution is 5.52. The van der Waals surface area contributed by atoms with E-state index in [-0.39, 0.29) is 0 Å². The Kier molecular flexibility index (Phi) is 5.29. The van der Waals surface area contributed by atoms with E-state index in [1.807, 2.05) is 0 Å². The minimum atomic E-state index is 0.302. The number of nitriles is 1. The van der Waals surface area contributed by atoms with E-state index in [9.17, 15) is 5.11 Å². The van der Waals surface area contributed by atoms with Crippen LogP contribution in [0.3, 0.4) is 0 Å². The maximum atomic E-state index is 9.22. The van der Waals surface area contributed by atoms with Crippen molar-refractivity contribution in [3.8, 4) is 6.07 Å². The molecule has 2 N–H and O–H groups in total. The Bertz CT molecular complexity index is 700. The summed E-state index contributed by atoms with van der Waals surface area (Å²) in [5, 5.41) is 21.5. The zero-order valence-corrected chi connectivity index (χ0v) is 13.7. The van der Waals surface area contributed by atoms with E-state index in [0.29, 0.717) is 30.5 Å². The molecule has 1 aromatic heterocycles. The first-order valence-electron chi connectivity index (χ1n) is 8.34. The lowest BCUT2D eigenvalue weighted by molar-refractivity contribution is 0.203. The molecule has 124 valence electrons. The average Bonchev–Trinajstić information content (AvgIpc) is 2.67. The summed E-state index contributed by atoms with van der Waals surface area (Å²) in [5.74, 6) is 1.08. The topological polar surface area (TPSA) is 72.2 Å². The van der Waals surface area contributed by atoms with Crippen LogP contribution < -0.4 is 10.2 Å². The molecule has 0 atom stereocenters. The summed E-state index contributed by atoms with van der Waals surface area (Å²) >= 11 is 0. The van der Waals surface area contributed by atoms with E-state index in [1.54, 1.807) is 18.3 Å². The van der Waals surface area contributed by atoms with Crippen LogP contribution in [-0.4, -0.2) is 29.8 Å². The lowest BCUT2D eigenvalue weighted by atomic mass is 9.97. The third-order valence-corrected chi connectivity index (χ3v) is 4.56. The second kappa shape index (κ2) is 7.80. The van der Waals surface area contributed by atoms with Crippen LogP contribution in [0, 0.1) is 17.2 Å². The van der Waals surface area contributed by atoms with Gasteiger partial charge in [0.2, 0.25) is 0 Å². The molecular weight excluding hydrogens is 300 g/mol. The Morgan fingerprint density at radius 3 is 2.62 bits per heavy atom. The van der Waals surface area contributed by atoms with Crippen molar-refractivity contribution in [3.63, 3.8) is 0 Å². The molecular formula is C19H22N4O. The first-order valence-corrected chi connectivity index (χ1v) is 8.34. The van der Waals surface area contributed by atoms with Crippen molar-refractivity contribution in [2.75, 3.05) is 29.9 Å². The Morgan fingerprint density at radius 1 is 1.21 bits per heavy atom. The number of nitrogens with zero attached hydrogens (tertiary/aromatic N) is 3. The second-order valence-corrected chi connectivity index (χ2v) is 6.14. The zero-order valence-electron chi connectivity index (χ0n) is 13.7. The average molecular weight is 322 g/mol. The number of nitrogens with one attached hydrogen (secondary N) is 1. The second-order valence-electron chi connectivity index (χ2n) is 6.14. The van der Waals surface area contributed by atoms with Gasteiger partial charge in [-0.25, -0.2) is 4.98 Å². The van der Waals surface area contributed by atoms with Gasteiger partial charge in [0.25, 0.3) is 0 Å². The molecule has 0 unspecified atom stereocenters. The quantitative estimate of drug-likeness (QED) is 0.885. The van der Waals surface area contributed by atoms with Gasteiger partial charge in [0, 0.05) is 38.1 Å². The first kappa shape index (κ1) is 16.3. The fourth-order valence-corrected chi connectivity index (χ4v) is 3.02. The van der Waals surface area contributed by atoms with E-state index in [4.69, 9.17) is 5.26 Å². The number of benzene rings is 1. The Labute approximate surface area is 142 Å². The summed E-state index contributed by atoms with van der Waals surface area (Å²) < 4.78 is 0. The molecule has 0 aliphatic carbocycles. The molecule has 5 heteroatoms. The van der Waals surface area contributed by atoms with Crippen molar-refractivity contribution in [2.45, 2.75) is 19.4 Å². The van der Waals surface area contributed by atoms with Gasteiger partial charge < -0.3 is 15.3 Å². The monoisotopic (exact) mass is 322 g/mol. The molecule has 2 aromatic rings. The normalized spacial score (nSPS) is 15.1. The molecule has 0 amide bonds. The Balaban J connectivity index is 1.58. The molecule has 1 aromatic carbocycles. The van der Waals surface area contributed by atoms with Crippen LogP contribution in [0.2, 0.25) is 0 Å². The van der Waals surface area contributed by atoms with Gasteiger partial charge in [0.15, 0.2) is 0 Å². The number of hydrogen-bond donors (Lipinski definition) is 2. The van der Waals surface area contributed by atoms with Gasteiger partial charge in [0.1, 0.15) is 11.9 Å². The van der Waals surface area contributed by atoms with Gasteiger partial charge in [0.05, 0.1) is 5.56 Å². The highest BCUT2D eigenvalue weighted by Crippen LogP contribution is 2.23. The van der Waals surface area contributed by atoms with Crippen LogP contribution in [0.1, 0.15) is 24.0 Å². The molecule has 0 spiro atoms. The number of anilines is 2. The standard InChI is InChI=1S/C19H22N4O/c20-12-17-2-1-9-21-19(17)22-13-15-3-5-18(6-4-15)23-10-7-16(14-24)8-11-23/h1-6,9,16,24H,7-8,10-11,13-14H2,(H,21,22). The zero-order chi connectivity index (χ0) is 16.8. The molecule has 2 heterocycles. The Morgan fingerprint density at radius 2 is 1.96 bits per heavy atom. The Hall–Kier alpha value is -2.58. The van der Waals surface area contributed by atoms with Crippen molar-refractivity contribution >= 4 is 11.5 Å². The molecule has 1 saturated heterocycles. The minimum Gasteiger partial charge on any atom is -0.396 e. The SMILES string of the molecule is N#Cc1cccnc1NCc1ccc(N2CCC(CO)CC2)cc1. The molecule has 3 rings (SSSR count). The van der Waals surface area contributed by atoms with Crippen molar-refractivity contribution < 1.29 is 5.11 Å². The van der Waals surface area contributed by atoms with Crippen LogP contribution >= 0.6 is 0 Å². The fraction of sp³-hybridized carbons (Fsp3) is 0.368. The molecule has 0 radical (unpaired) electrons. The minimum absolute atomic E-state index is 0.302. The number of hydrogen-bond acceptors (Lipinski definition) is 5. The molecule has 0 bridgehead atoms. The molecule has 24 heavy (non-hydrogen) atoms. The number of piperidine rings is 1. The van der Waals surface area contributed by atoms with Gasteiger partial charge in [-0.15, -0.1) is 0 Å². The number of pyridine rings is 1. The molecule has 0 saturated carbocycles. The van der Waals surface area contributed by atoms with Crippen molar-refractivity contribution in [1.29, 1.82) is 5.26 Å². The molecule has 1 fully saturated rings. The first-order chi connectivity index (χ1) is 11.8. The van der Waals surface area contributed by atoms with Gasteiger partial charge in [-0.3, -0.25) is 0 Å². The van der Waals surface area contributed by atoms with Gasteiger partial charge >= 0.3 is 0 Å².